The third-order valence-electron chi connectivity index (χ3n) is 2.41. The van der Waals surface area contributed by atoms with Crippen molar-refractivity contribution in [3.63, 3.8) is 0 Å². The van der Waals surface area contributed by atoms with E-state index in [0.29, 0.717) is 0 Å². The molecule has 5 nitrogen and oxygen atoms in total. The van der Waals surface area contributed by atoms with Crippen LogP contribution in [0.3, 0.4) is 0 Å². The molecule has 1 N–H and O–H groups in total. The van der Waals surface area contributed by atoms with Gasteiger partial charge in [-0.15, -0.1) is 0 Å². The molecule has 0 unspecified atom stereocenters. The number of aliphatic hydroxyl groups excluding tert-OH is 1. The first kappa shape index (κ1) is 11.5. The SMILES string of the molecule is COC(=O)[C@H]1[C@H](C(=O)OC)C1(Br)CO. The van der Waals surface area contributed by atoms with Gasteiger partial charge >= 0.3 is 11.9 Å². The molecule has 0 aliphatic heterocycles. The average Bonchev–Trinajstić information content (AvgIpc) is 2.83. The molecule has 1 saturated carbocycles. The maximum atomic E-state index is 11.2. The molecule has 0 spiro atoms. The fraction of sp³-hybridized carbons (Fsp3) is 0.750. The monoisotopic (exact) mass is 266 g/mol. The number of carbonyl (C=O) groups is 2. The molecule has 0 aromatic carbocycles. The molecule has 0 saturated heterocycles. The van der Waals surface area contributed by atoms with Gasteiger partial charge in [-0.2, -0.15) is 0 Å². The van der Waals surface area contributed by atoms with E-state index < -0.39 is 28.1 Å². The highest BCUT2D eigenvalue weighted by Crippen LogP contribution is 2.58. The van der Waals surface area contributed by atoms with Crippen LogP contribution in [-0.2, 0) is 19.1 Å². The molecule has 1 aliphatic carbocycles. The molecule has 80 valence electrons. The first-order valence-corrected chi connectivity index (χ1v) is 4.77. The van der Waals surface area contributed by atoms with Crippen LogP contribution in [0.2, 0.25) is 0 Å². The predicted molar refractivity (Wildman–Crippen MR) is 49.8 cm³/mol. The predicted octanol–water partition coefficient (Wildman–Crippen LogP) is -0.296. The van der Waals surface area contributed by atoms with Crippen LogP contribution >= 0.6 is 15.9 Å². The van der Waals surface area contributed by atoms with Crippen LogP contribution in [0.5, 0.6) is 0 Å². The molecule has 0 amide bonds. The molecule has 0 heterocycles. The summed E-state index contributed by atoms with van der Waals surface area (Å²) >= 11 is 3.15. The Bertz CT molecular complexity index is 242. The fourth-order valence-corrected chi connectivity index (χ4v) is 2.29. The van der Waals surface area contributed by atoms with Gasteiger partial charge < -0.3 is 14.6 Å². The third-order valence-corrected chi connectivity index (χ3v) is 3.65. The highest BCUT2D eigenvalue weighted by Gasteiger charge is 2.71. The maximum absolute atomic E-state index is 11.2. The quantitative estimate of drug-likeness (QED) is 0.561. The molecular formula is C8H11BrO5. The lowest BCUT2D eigenvalue weighted by atomic mass is 10.3. The summed E-state index contributed by atoms with van der Waals surface area (Å²) in [5.41, 5.74) is 0. The lowest BCUT2D eigenvalue weighted by molar-refractivity contribution is -0.148. The lowest BCUT2D eigenvalue weighted by Gasteiger charge is -2.02. The number of methoxy groups -OCH3 is 2. The van der Waals surface area contributed by atoms with Crippen molar-refractivity contribution in [2.75, 3.05) is 20.8 Å². The Morgan fingerprint density at radius 2 is 1.64 bits per heavy atom. The number of esters is 2. The zero-order valence-corrected chi connectivity index (χ0v) is 9.41. The number of alkyl halides is 1. The van der Waals surface area contributed by atoms with E-state index in [4.69, 9.17) is 5.11 Å². The van der Waals surface area contributed by atoms with Crippen LogP contribution in [0, 0.1) is 11.8 Å². The van der Waals surface area contributed by atoms with Crippen LogP contribution in [-0.4, -0.2) is 42.2 Å². The minimum atomic E-state index is -0.910. The molecule has 0 aromatic rings. The molecule has 0 aromatic heterocycles. The molecule has 2 atom stereocenters. The number of halogens is 1. The smallest absolute Gasteiger partial charge is 0.311 e. The van der Waals surface area contributed by atoms with Crippen LogP contribution in [0.1, 0.15) is 0 Å². The van der Waals surface area contributed by atoms with E-state index >= 15 is 0 Å². The summed E-state index contributed by atoms with van der Waals surface area (Å²) in [4.78, 5) is 22.4. The van der Waals surface area contributed by atoms with Crippen LogP contribution in [0.15, 0.2) is 0 Å². The van der Waals surface area contributed by atoms with Crippen molar-refractivity contribution >= 4 is 27.9 Å². The summed E-state index contributed by atoms with van der Waals surface area (Å²) in [6.07, 6.45) is 0. The molecule has 6 heteroatoms. The Labute approximate surface area is 89.5 Å². The van der Waals surface area contributed by atoms with E-state index in [1.54, 1.807) is 0 Å². The van der Waals surface area contributed by atoms with Gasteiger partial charge in [-0.05, 0) is 0 Å². The summed E-state index contributed by atoms with van der Waals surface area (Å²) in [5, 5.41) is 9.03. The molecule has 1 rings (SSSR count). The molecule has 0 radical (unpaired) electrons. The summed E-state index contributed by atoms with van der Waals surface area (Å²) < 4.78 is 8.11. The van der Waals surface area contributed by atoms with Gasteiger partial charge in [-0.1, -0.05) is 15.9 Å². The Morgan fingerprint density at radius 1 is 1.29 bits per heavy atom. The van der Waals surface area contributed by atoms with Crippen LogP contribution in [0.25, 0.3) is 0 Å². The van der Waals surface area contributed by atoms with Crippen molar-refractivity contribution < 1.29 is 24.2 Å². The summed E-state index contributed by atoms with van der Waals surface area (Å²) in [5.74, 6) is -2.37. The second-order valence-electron chi connectivity index (χ2n) is 3.09. The minimum Gasteiger partial charge on any atom is -0.469 e. The molecule has 1 fully saturated rings. The third kappa shape index (κ3) is 1.52. The lowest BCUT2D eigenvalue weighted by Crippen LogP contribution is -2.16. The second-order valence-corrected chi connectivity index (χ2v) is 4.56. The Kier molecular flexibility index (Phi) is 3.16. The summed E-state index contributed by atoms with van der Waals surface area (Å²) in [6, 6.07) is 0. The van der Waals surface area contributed by atoms with Gasteiger partial charge in [0.15, 0.2) is 0 Å². The van der Waals surface area contributed by atoms with E-state index in [2.05, 4.69) is 25.4 Å². The molecule has 1 aliphatic rings. The molecule has 14 heavy (non-hydrogen) atoms. The zero-order valence-electron chi connectivity index (χ0n) is 7.82. The molecule has 0 bridgehead atoms. The van der Waals surface area contributed by atoms with Crippen LogP contribution < -0.4 is 0 Å². The number of aliphatic hydroxyl groups is 1. The Morgan fingerprint density at radius 3 is 1.86 bits per heavy atom. The topological polar surface area (TPSA) is 72.8 Å². The summed E-state index contributed by atoms with van der Waals surface area (Å²) in [7, 11) is 2.47. The number of ether oxygens (including phenoxy) is 2. The highest BCUT2D eigenvalue weighted by molar-refractivity contribution is 9.10. The van der Waals surface area contributed by atoms with Gasteiger partial charge in [0.05, 0.1) is 37.0 Å². The number of rotatable bonds is 3. The van der Waals surface area contributed by atoms with Gasteiger partial charge in [0.1, 0.15) is 0 Å². The van der Waals surface area contributed by atoms with Crippen molar-refractivity contribution in [2.45, 2.75) is 4.32 Å². The summed E-state index contributed by atoms with van der Waals surface area (Å²) in [6.45, 7) is -0.313. The standard InChI is InChI=1S/C8H11BrO5/c1-13-6(11)4-5(7(12)14-2)8(4,9)3-10/h4-5,10H,3H2,1-2H3/t4-,5-/m1/s1. The van der Waals surface area contributed by atoms with Crippen LogP contribution in [0.4, 0.5) is 0 Å². The normalized spacial score (nSPS) is 34.9. The first-order chi connectivity index (χ1) is 6.52. The zero-order chi connectivity index (χ0) is 10.9. The Hall–Kier alpha value is -0.620. The fourth-order valence-electron chi connectivity index (χ4n) is 1.52. The van der Waals surface area contributed by atoms with E-state index in [1.165, 1.54) is 14.2 Å². The van der Waals surface area contributed by atoms with E-state index in [9.17, 15) is 9.59 Å². The maximum Gasteiger partial charge on any atom is 0.311 e. The van der Waals surface area contributed by atoms with Crippen molar-refractivity contribution in [3.05, 3.63) is 0 Å². The van der Waals surface area contributed by atoms with Gasteiger partial charge in [0.2, 0.25) is 0 Å². The van der Waals surface area contributed by atoms with E-state index in [1.807, 2.05) is 0 Å². The number of hydrogen-bond donors (Lipinski definition) is 1. The minimum absolute atomic E-state index is 0.313. The van der Waals surface area contributed by atoms with Crippen molar-refractivity contribution in [1.82, 2.24) is 0 Å². The van der Waals surface area contributed by atoms with Gasteiger partial charge in [-0.3, -0.25) is 9.59 Å². The molecular weight excluding hydrogens is 256 g/mol. The average molecular weight is 267 g/mol. The number of hydrogen-bond acceptors (Lipinski definition) is 5. The second kappa shape index (κ2) is 3.86. The van der Waals surface area contributed by atoms with Crippen molar-refractivity contribution in [3.8, 4) is 0 Å². The van der Waals surface area contributed by atoms with E-state index in [-0.39, 0.29) is 6.61 Å². The van der Waals surface area contributed by atoms with Crippen molar-refractivity contribution in [2.24, 2.45) is 11.8 Å². The largest absolute Gasteiger partial charge is 0.469 e. The highest BCUT2D eigenvalue weighted by atomic mass is 79.9. The van der Waals surface area contributed by atoms with Gasteiger partial charge in [0, 0.05) is 0 Å². The van der Waals surface area contributed by atoms with E-state index in [0.717, 1.165) is 0 Å². The van der Waals surface area contributed by atoms with Gasteiger partial charge in [0.25, 0.3) is 0 Å². The van der Waals surface area contributed by atoms with Crippen molar-refractivity contribution in [1.29, 1.82) is 0 Å². The first-order valence-electron chi connectivity index (χ1n) is 3.98. The Balaban J connectivity index is 2.79. The van der Waals surface area contributed by atoms with Gasteiger partial charge in [-0.25, -0.2) is 0 Å². The number of carbonyl (C=O) groups excluding carboxylic acids is 2.